The van der Waals surface area contributed by atoms with Crippen molar-refractivity contribution in [1.82, 2.24) is 0 Å². The Labute approximate surface area is 95.0 Å². The van der Waals surface area contributed by atoms with Gasteiger partial charge in [0.05, 0.1) is 0 Å². The van der Waals surface area contributed by atoms with E-state index in [0.29, 0.717) is 16.1 Å². The molecule has 0 saturated heterocycles. The van der Waals surface area contributed by atoms with Crippen molar-refractivity contribution in [3.63, 3.8) is 0 Å². The van der Waals surface area contributed by atoms with E-state index in [1.165, 1.54) is 0 Å². The van der Waals surface area contributed by atoms with Crippen LogP contribution in [-0.4, -0.2) is 11.1 Å². The standard InChI is InChI=1S/C9H9BrClNO2/c1-4-6(8(12)9(13)14)2-5(10)3-7(4)11/h2-3,8H,12H2,1H3,(H,13,14). The summed E-state index contributed by atoms with van der Waals surface area (Å²) >= 11 is 9.12. The van der Waals surface area contributed by atoms with Crippen molar-refractivity contribution in [3.05, 3.63) is 32.8 Å². The second-order valence-electron chi connectivity index (χ2n) is 2.92. The molecule has 0 fully saturated rings. The molecule has 14 heavy (non-hydrogen) atoms. The molecule has 3 N–H and O–H groups in total. The molecule has 1 aromatic rings. The predicted octanol–water partition coefficient (Wildman–Crippen LogP) is 2.50. The molecule has 0 saturated carbocycles. The summed E-state index contributed by atoms with van der Waals surface area (Å²) in [6, 6.07) is 2.33. The van der Waals surface area contributed by atoms with Crippen LogP contribution in [-0.2, 0) is 4.79 Å². The molecule has 0 aliphatic carbocycles. The number of hydrogen-bond donors (Lipinski definition) is 2. The first kappa shape index (κ1) is 11.5. The maximum absolute atomic E-state index is 10.7. The van der Waals surface area contributed by atoms with Gasteiger partial charge in [-0.3, -0.25) is 4.79 Å². The van der Waals surface area contributed by atoms with Crippen LogP contribution < -0.4 is 5.73 Å². The number of hydrogen-bond acceptors (Lipinski definition) is 2. The highest BCUT2D eigenvalue weighted by Crippen LogP contribution is 2.28. The Balaban J connectivity index is 3.26. The van der Waals surface area contributed by atoms with E-state index in [1.54, 1.807) is 19.1 Å². The van der Waals surface area contributed by atoms with Gasteiger partial charge in [-0.2, -0.15) is 0 Å². The van der Waals surface area contributed by atoms with Crippen molar-refractivity contribution >= 4 is 33.5 Å². The number of carboxylic acids is 1. The van der Waals surface area contributed by atoms with E-state index in [4.69, 9.17) is 22.4 Å². The van der Waals surface area contributed by atoms with Crippen molar-refractivity contribution in [1.29, 1.82) is 0 Å². The number of carboxylic acid groups (broad SMARTS) is 1. The molecule has 0 spiro atoms. The molecule has 1 unspecified atom stereocenters. The summed E-state index contributed by atoms with van der Waals surface area (Å²) in [5, 5.41) is 9.26. The van der Waals surface area contributed by atoms with Crippen LogP contribution >= 0.6 is 27.5 Å². The quantitative estimate of drug-likeness (QED) is 0.873. The number of nitrogens with two attached hydrogens (primary N) is 1. The SMILES string of the molecule is Cc1c(Cl)cc(Br)cc1C(N)C(=O)O. The predicted molar refractivity (Wildman–Crippen MR) is 58.5 cm³/mol. The first-order chi connectivity index (χ1) is 6.43. The zero-order chi connectivity index (χ0) is 10.9. The summed E-state index contributed by atoms with van der Waals surface area (Å²) in [4.78, 5) is 10.7. The normalized spacial score (nSPS) is 12.6. The van der Waals surface area contributed by atoms with E-state index in [0.717, 1.165) is 4.47 Å². The minimum absolute atomic E-state index is 0.506. The third-order valence-electron chi connectivity index (χ3n) is 1.95. The molecule has 5 heteroatoms. The largest absolute Gasteiger partial charge is 0.480 e. The van der Waals surface area contributed by atoms with Crippen molar-refractivity contribution < 1.29 is 9.90 Å². The van der Waals surface area contributed by atoms with Gasteiger partial charge in [-0.25, -0.2) is 0 Å². The van der Waals surface area contributed by atoms with Gasteiger partial charge >= 0.3 is 5.97 Å². The highest BCUT2D eigenvalue weighted by molar-refractivity contribution is 9.10. The topological polar surface area (TPSA) is 63.3 Å². The smallest absolute Gasteiger partial charge is 0.325 e. The summed E-state index contributed by atoms with van der Waals surface area (Å²) in [6.07, 6.45) is 0. The average Bonchev–Trinajstić information content (AvgIpc) is 2.09. The molecular weight excluding hydrogens is 269 g/mol. The van der Waals surface area contributed by atoms with Crippen LogP contribution in [0.5, 0.6) is 0 Å². The van der Waals surface area contributed by atoms with Gasteiger partial charge in [0.2, 0.25) is 0 Å². The summed E-state index contributed by atoms with van der Waals surface area (Å²) < 4.78 is 0.722. The zero-order valence-corrected chi connectivity index (χ0v) is 9.76. The lowest BCUT2D eigenvalue weighted by Crippen LogP contribution is -2.21. The lowest BCUT2D eigenvalue weighted by Gasteiger charge is -2.12. The van der Waals surface area contributed by atoms with Crippen LogP contribution in [0.25, 0.3) is 0 Å². The van der Waals surface area contributed by atoms with Crippen LogP contribution in [0.2, 0.25) is 5.02 Å². The molecule has 0 aromatic heterocycles. The minimum atomic E-state index is -1.07. The van der Waals surface area contributed by atoms with Gasteiger partial charge in [-0.15, -0.1) is 0 Å². The molecule has 3 nitrogen and oxygen atoms in total. The van der Waals surface area contributed by atoms with Crippen LogP contribution in [0.4, 0.5) is 0 Å². The fourth-order valence-corrected chi connectivity index (χ4v) is 1.96. The van der Waals surface area contributed by atoms with Gasteiger partial charge in [-0.1, -0.05) is 27.5 Å². The monoisotopic (exact) mass is 277 g/mol. The Morgan fingerprint density at radius 1 is 1.64 bits per heavy atom. The second-order valence-corrected chi connectivity index (χ2v) is 4.24. The molecular formula is C9H9BrClNO2. The fraction of sp³-hybridized carbons (Fsp3) is 0.222. The number of halogens is 2. The van der Waals surface area contributed by atoms with Crippen molar-refractivity contribution in [3.8, 4) is 0 Å². The van der Waals surface area contributed by atoms with Crippen LogP contribution in [0, 0.1) is 6.92 Å². The summed E-state index contributed by atoms with van der Waals surface area (Å²) in [7, 11) is 0. The Kier molecular flexibility index (Phi) is 3.53. The molecule has 1 atom stereocenters. The van der Waals surface area contributed by atoms with E-state index in [1.807, 2.05) is 0 Å². The minimum Gasteiger partial charge on any atom is -0.480 e. The van der Waals surface area contributed by atoms with Gasteiger partial charge in [-0.05, 0) is 30.2 Å². The Morgan fingerprint density at radius 2 is 2.21 bits per heavy atom. The molecule has 0 bridgehead atoms. The van der Waals surface area contributed by atoms with Gasteiger partial charge in [0.1, 0.15) is 6.04 Å². The summed E-state index contributed by atoms with van der Waals surface area (Å²) in [5.74, 6) is -1.07. The number of carbonyl (C=O) groups is 1. The highest BCUT2D eigenvalue weighted by Gasteiger charge is 2.18. The van der Waals surface area contributed by atoms with Crippen LogP contribution in [0.1, 0.15) is 17.2 Å². The fourth-order valence-electron chi connectivity index (χ4n) is 1.12. The van der Waals surface area contributed by atoms with Crippen molar-refractivity contribution in [2.75, 3.05) is 0 Å². The molecule has 1 rings (SSSR count). The average molecular weight is 279 g/mol. The Hall–Kier alpha value is -0.580. The van der Waals surface area contributed by atoms with Gasteiger partial charge in [0.25, 0.3) is 0 Å². The van der Waals surface area contributed by atoms with E-state index < -0.39 is 12.0 Å². The third kappa shape index (κ3) is 2.26. The molecule has 0 heterocycles. The van der Waals surface area contributed by atoms with Crippen LogP contribution in [0.3, 0.4) is 0 Å². The van der Waals surface area contributed by atoms with Crippen molar-refractivity contribution in [2.24, 2.45) is 5.73 Å². The van der Waals surface area contributed by atoms with Gasteiger partial charge in [0, 0.05) is 9.50 Å². The molecule has 0 aliphatic heterocycles. The lowest BCUT2D eigenvalue weighted by atomic mass is 10.0. The first-order valence-electron chi connectivity index (χ1n) is 3.87. The molecule has 0 aliphatic rings. The van der Waals surface area contributed by atoms with E-state index in [2.05, 4.69) is 15.9 Å². The van der Waals surface area contributed by atoms with Crippen molar-refractivity contribution in [2.45, 2.75) is 13.0 Å². The Morgan fingerprint density at radius 3 is 2.71 bits per heavy atom. The lowest BCUT2D eigenvalue weighted by molar-refractivity contribution is -0.138. The van der Waals surface area contributed by atoms with Gasteiger partial charge in [0.15, 0.2) is 0 Å². The maximum Gasteiger partial charge on any atom is 0.325 e. The number of aliphatic carboxylic acids is 1. The van der Waals surface area contributed by atoms with E-state index >= 15 is 0 Å². The summed E-state index contributed by atoms with van der Waals surface area (Å²) in [5.41, 5.74) is 6.72. The van der Waals surface area contributed by atoms with E-state index in [-0.39, 0.29) is 0 Å². The summed E-state index contributed by atoms with van der Waals surface area (Å²) in [6.45, 7) is 1.74. The molecule has 1 aromatic carbocycles. The second kappa shape index (κ2) is 4.29. The van der Waals surface area contributed by atoms with Gasteiger partial charge < -0.3 is 10.8 Å². The Bertz CT molecular complexity index is 381. The van der Waals surface area contributed by atoms with E-state index in [9.17, 15) is 4.79 Å². The third-order valence-corrected chi connectivity index (χ3v) is 2.80. The number of rotatable bonds is 2. The first-order valence-corrected chi connectivity index (χ1v) is 5.04. The molecule has 0 radical (unpaired) electrons. The molecule has 76 valence electrons. The maximum atomic E-state index is 10.7. The zero-order valence-electron chi connectivity index (χ0n) is 7.42. The van der Waals surface area contributed by atoms with Crippen LogP contribution in [0.15, 0.2) is 16.6 Å². The number of benzene rings is 1. The highest BCUT2D eigenvalue weighted by atomic mass is 79.9. The molecule has 0 amide bonds.